The molecule has 0 heterocycles. The molecule has 0 aliphatic rings. The van der Waals surface area contributed by atoms with E-state index in [1.165, 1.54) is 0 Å². The van der Waals surface area contributed by atoms with Crippen molar-refractivity contribution >= 4 is 12.6 Å². The molecule has 2 rings (SSSR count). The van der Waals surface area contributed by atoms with Gasteiger partial charge < -0.3 is 39.9 Å². The molecule has 8 heteroatoms. The Balaban J connectivity index is -0.0000000457. The van der Waals surface area contributed by atoms with Crippen molar-refractivity contribution in [1.82, 2.24) is 0 Å². The summed E-state index contributed by atoms with van der Waals surface area (Å²) in [4.78, 5) is 19.4. The van der Waals surface area contributed by atoms with Crippen LogP contribution in [0.5, 0.6) is 0 Å². The van der Waals surface area contributed by atoms with Gasteiger partial charge in [0.15, 0.2) is 0 Å². The van der Waals surface area contributed by atoms with E-state index in [2.05, 4.69) is 50.9 Å². The summed E-state index contributed by atoms with van der Waals surface area (Å²) in [6, 6.07) is 22.0. The molecular weight excluding hydrogens is 472 g/mol. The minimum atomic E-state index is 0. The maximum Gasteiger partial charge on any atom is 0 e. The van der Waals surface area contributed by atoms with Gasteiger partial charge in [-0.2, -0.15) is 31.0 Å². The van der Waals surface area contributed by atoms with Crippen LogP contribution >= 0.6 is 0 Å². The van der Waals surface area contributed by atoms with Crippen LogP contribution in [0.1, 0.15) is 38.5 Å². The number of rotatable bonds is 7. The second-order valence-corrected chi connectivity index (χ2v) is 3.85. The fraction of sp³-hybridized carbons (Fsp3) is 0.273. The minimum Gasteiger partial charge on any atom is -0.999 e. The van der Waals surface area contributed by atoms with Gasteiger partial charge in [-0.3, -0.25) is 12.6 Å². The van der Waals surface area contributed by atoms with Crippen molar-refractivity contribution in [2.45, 2.75) is 38.5 Å². The third-order valence-corrected chi connectivity index (χ3v) is 2.21. The zero-order chi connectivity index (χ0) is 22.7. The molecule has 166 valence electrons. The number of hydrogen-bond donors (Lipinski definition) is 0. The van der Waals surface area contributed by atoms with Gasteiger partial charge >= 0.3 is 45.2 Å². The Kier molecular flexibility index (Phi) is 110. The summed E-state index contributed by atoms with van der Waals surface area (Å²) in [7, 11) is 0. The molecule has 0 spiro atoms. The number of carbonyl (C=O) groups excluding carboxylic acids is 2. The molecule has 0 saturated heterocycles. The topological polar surface area (TPSA) is 114 Å². The molecule has 0 aliphatic carbocycles. The molecule has 6 nitrogen and oxygen atoms in total. The van der Waals surface area contributed by atoms with Gasteiger partial charge in [-0.05, 0) is 0 Å². The van der Waals surface area contributed by atoms with E-state index >= 15 is 0 Å². The summed E-state index contributed by atoms with van der Waals surface area (Å²) < 4.78 is 30.0. The zero-order valence-electron chi connectivity index (χ0n) is 15.9. The summed E-state index contributed by atoms with van der Waals surface area (Å²) in [5.41, 5.74) is 0. The molecule has 0 fully saturated rings. The van der Waals surface area contributed by atoms with Crippen LogP contribution in [-0.4, -0.2) is 12.6 Å². The van der Waals surface area contributed by atoms with Crippen LogP contribution in [0.4, 0.5) is 0 Å². The second kappa shape index (κ2) is 71.3. The zero-order valence-corrected chi connectivity index (χ0v) is 18.1. The first-order valence-electron chi connectivity index (χ1n) is 7.43. The smallest absolute Gasteiger partial charge is 0 e. The molecule has 0 saturated carbocycles. The quantitative estimate of drug-likeness (QED) is 0.256. The van der Waals surface area contributed by atoms with Crippen molar-refractivity contribution in [2.75, 3.05) is 0 Å². The SMILES string of the molecule is O=[C-]CCCCCC[C-]=O.[C-]#[O+].[C-]#[O+].[C-]#[O+].[C-]#[O+].[Fe].[Fe].[c-]1[c-][c-][cH-][c-]1.c1cc[cH-]c1. The molecular formula is C22H18Fe2O6-8. The maximum atomic E-state index is 9.71. The molecule has 0 atom stereocenters. The normalized spacial score (nSPS) is 6.00. The van der Waals surface area contributed by atoms with Crippen LogP contribution in [0.25, 0.3) is 0 Å². The standard InChI is InChI=1S/C8H12O2.C5H5.C5H.4CO.2Fe/c9-7-5-3-1-2-4-6-8-10;2*1-2-4-5-3-1;4*1-2;;/h1-6H2;1-5H;1H;;;;;;/q-2;-1;-5;;;;;;. The number of unbranched alkanes of at least 4 members (excludes halogenated alkanes) is 5. The van der Waals surface area contributed by atoms with E-state index in [-0.39, 0.29) is 34.1 Å². The first kappa shape index (κ1) is 46.3. The van der Waals surface area contributed by atoms with Crippen LogP contribution in [0.15, 0.2) is 36.4 Å². The van der Waals surface area contributed by atoms with Gasteiger partial charge in [0, 0.05) is 34.1 Å². The van der Waals surface area contributed by atoms with E-state index in [4.69, 9.17) is 18.6 Å². The van der Waals surface area contributed by atoms with Crippen LogP contribution in [-0.2, 0) is 62.3 Å². The molecule has 0 N–H and O–H groups in total. The molecule has 0 bridgehead atoms. The summed E-state index contributed by atoms with van der Waals surface area (Å²) in [5, 5.41) is 0. The third kappa shape index (κ3) is 72.2. The first-order valence-corrected chi connectivity index (χ1v) is 7.43. The van der Waals surface area contributed by atoms with E-state index in [0.717, 1.165) is 25.7 Å². The van der Waals surface area contributed by atoms with Crippen molar-refractivity contribution in [3.63, 3.8) is 0 Å². The predicted molar refractivity (Wildman–Crippen MR) is 94.2 cm³/mol. The monoisotopic (exact) mass is 490 g/mol. The second-order valence-electron chi connectivity index (χ2n) is 3.85. The fourth-order valence-corrected chi connectivity index (χ4v) is 1.25. The Labute approximate surface area is 200 Å². The van der Waals surface area contributed by atoms with Gasteiger partial charge in [-0.25, -0.2) is 12.1 Å². The first-order chi connectivity index (χ1) is 13.9. The van der Waals surface area contributed by atoms with Gasteiger partial charge in [0.05, 0.1) is 0 Å². The predicted octanol–water partition coefficient (Wildman–Crippen LogP) is 3.40. The Morgan fingerprint density at radius 2 is 1.00 bits per heavy atom. The molecule has 0 unspecified atom stereocenters. The minimum absolute atomic E-state index is 0. The summed E-state index contributed by atoms with van der Waals surface area (Å²) >= 11 is 0. The van der Waals surface area contributed by atoms with Gasteiger partial charge in [-0.1, -0.05) is 25.7 Å². The van der Waals surface area contributed by atoms with Gasteiger partial charge in [0.25, 0.3) is 0 Å². The molecule has 2 aromatic rings. The average Bonchev–Trinajstić information content (AvgIpc) is 3.56. The molecule has 2 aromatic carbocycles. The average molecular weight is 490 g/mol. The van der Waals surface area contributed by atoms with Crippen LogP contribution < -0.4 is 0 Å². The van der Waals surface area contributed by atoms with E-state index in [1.54, 1.807) is 6.07 Å². The summed E-state index contributed by atoms with van der Waals surface area (Å²) in [5.74, 6) is 0. The summed E-state index contributed by atoms with van der Waals surface area (Å²) in [6.45, 7) is 18.0. The van der Waals surface area contributed by atoms with Crippen molar-refractivity contribution in [1.29, 1.82) is 0 Å². The Morgan fingerprint density at radius 3 is 1.17 bits per heavy atom. The van der Waals surface area contributed by atoms with Gasteiger partial charge in [-0.15, -0.1) is 0 Å². The van der Waals surface area contributed by atoms with Crippen LogP contribution in [0.2, 0.25) is 0 Å². The van der Waals surface area contributed by atoms with Crippen LogP contribution in [0.3, 0.4) is 0 Å². The van der Waals surface area contributed by atoms with Crippen molar-refractivity contribution in [3.05, 3.63) is 87.3 Å². The van der Waals surface area contributed by atoms with Crippen molar-refractivity contribution in [2.24, 2.45) is 0 Å². The molecule has 0 amide bonds. The van der Waals surface area contributed by atoms with E-state index in [1.807, 2.05) is 42.9 Å². The molecule has 0 aliphatic heterocycles. The molecule has 0 aromatic heterocycles. The Morgan fingerprint density at radius 1 is 0.667 bits per heavy atom. The Bertz CT molecular complexity index is 432. The van der Waals surface area contributed by atoms with Crippen molar-refractivity contribution < 1.29 is 62.3 Å². The molecule has 30 heavy (non-hydrogen) atoms. The maximum absolute atomic E-state index is 9.71. The Hall–Kier alpha value is -1.96. The largest absolute Gasteiger partial charge is 0.999 e. The van der Waals surface area contributed by atoms with E-state index in [0.29, 0.717) is 12.8 Å². The number of hydrogen-bond acceptors (Lipinski definition) is 2. The van der Waals surface area contributed by atoms with Crippen molar-refractivity contribution in [3.8, 4) is 0 Å². The fourth-order valence-electron chi connectivity index (χ4n) is 1.25. The van der Waals surface area contributed by atoms with Gasteiger partial charge in [0.2, 0.25) is 0 Å². The van der Waals surface area contributed by atoms with E-state index < -0.39 is 0 Å². The van der Waals surface area contributed by atoms with E-state index in [9.17, 15) is 9.59 Å². The van der Waals surface area contributed by atoms with Crippen LogP contribution in [0, 0.1) is 50.9 Å². The third-order valence-electron chi connectivity index (χ3n) is 2.21. The summed E-state index contributed by atoms with van der Waals surface area (Å²) in [6.07, 6.45) is 8.59. The van der Waals surface area contributed by atoms with Gasteiger partial charge in [0.1, 0.15) is 0 Å². The molecule has 0 radical (unpaired) electrons.